The molecule has 0 saturated carbocycles. The standard InChI is InChI=1S/C19H25FN4OS.HI/c1-21-19(23-10-3-4-12-26-2)24-14-15-7-6-11-22-18(15)25-17-9-5-8-16(20)13-17;/h5-9,11,13H,3-4,10,12,14H2,1-2H3,(H2,21,23,24);1H. The highest BCUT2D eigenvalue weighted by atomic mass is 127. The van der Waals surface area contributed by atoms with Crippen molar-refractivity contribution in [2.24, 2.45) is 4.99 Å². The number of rotatable bonds is 9. The molecule has 27 heavy (non-hydrogen) atoms. The molecular formula is C19H26FIN4OS. The maximum Gasteiger partial charge on any atom is 0.224 e. The number of nitrogens with one attached hydrogen (secondary N) is 2. The van der Waals surface area contributed by atoms with Crippen LogP contribution in [0.25, 0.3) is 0 Å². The van der Waals surface area contributed by atoms with Gasteiger partial charge < -0.3 is 15.4 Å². The van der Waals surface area contributed by atoms with Crippen molar-refractivity contribution < 1.29 is 9.13 Å². The summed E-state index contributed by atoms with van der Waals surface area (Å²) in [6.45, 7) is 1.38. The molecule has 0 atom stereocenters. The number of unbranched alkanes of at least 4 members (excludes halogenated alkanes) is 1. The molecule has 0 aliphatic rings. The van der Waals surface area contributed by atoms with Gasteiger partial charge in [-0.3, -0.25) is 4.99 Å². The van der Waals surface area contributed by atoms with Crippen LogP contribution in [0.4, 0.5) is 4.39 Å². The molecule has 0 aliphatic carbocycles. The van der Waals surface area contributed by atoms with E-state index in [1.54, 1.807) is 25.4 Å². The van der Waals surface area contributed by atoms with Crippen molar-refractivity contribution in [1.29, 1.82) is 0 Å². The lowest BCUT2D eigenvalue weighted by atomic mass is 10.2. The number of guanidine groups is 1. The van der Waals surface area contributed by atoms with Crippen molar-refractivity contribution in [2.45, 2.75) is 19.4 Å². The van der Waals surface area contributed by atoms with Gasteiger partial charge in [0.1, 0.15) is 11.6 Å². The van der Waals surface area contributed by atoms with Gasteiger partial charge in [0.25, 0.3) is 0 Å². The first kappa shape index (κ1) is 23.5. The molecule has 2 N–H and O–H groups in total. The number of aliphatic imine (C=N–C) groups is 1. The Morgan fingerprint density at radius 3 is 2.81 bits per heavy atom. The van der Waals surface area contributed by atoms with Gasteiger partial charge in [-0.25, -0.2) is 9.37 Å². The second-order valence-electron chi connectivity index (χ2n) is 5.58. The van der Waals surface area contributed by atoms with E-state index in [1.165, 1.54) is 24.3 Å². The number of halogens is 2. The third-order valence-electron chi connectivity index (χ3n) is 3.60. The van der Waals surface area contributed by atoms with Crippen LogP contribution in [0.15, 0.2) is 47.6 Å². The van der Waals surface area contributed by atoms with E-state index in [9.17, 15) is 4.39 Å². The molecule has 0 bridgehead atoms. The lowest BCUT2D eigenvalue weighted by molar-refractivity contribution is 0.450. The summed E-state index contributed by atoms with van der Waals surface area (Å²) < 4.78 is 19.1. The van der Waals surface area contributed by atoms with Crippen LogP contribution in [0, 0.1) is 5.82 Å². The minimum Gasteiger partial charge on any atom is -0.439 e. The van der Waals surface area contributed by atoms with Gasteiger partial charge in [0.05, 0.1) is 0 Å². The van der Waals surface area contributed by atoms with Crippen molar-refractivity contribution in [3.63, 3.8) is 0 Å². The lowest BCUT2D eigenvalue weighted by Gasteiger charge is -2.14. The van der Waals surface area contributed by atoms with E-state index in [2.05, 4.69) is 26.9 Å². The Hall–Kier alpha value is -1.55. The molecular weight excluding hydrogens is 478 g/mol. The molecule has 0 aliphatic heterocycles. The number of aromatic nitrogens is 1. The first-order chi connectivity index (χ1) is 12.7. The van der Waals surface area contributed by atoms with Crippen molar-refractivity contribution in [3.8, 4) is 11.6 Å². The monoisotopic (exact) mass is 504 g/mol. The topological polar surface area (TPSA) is 58.5 Å². The van der Waals surface area contributed by atoms with E-state index in [0.29, 0.717) is 18.2 Å². The molecule has 0 radical (unpaired) electrons. The number of thioether (sulfide) groups is 1. The van der Waals surface area contributed by atoms with Crippen LogP contribution in [0.5, 0.6) is 11.6 Å². The number of nitrogens with zero attached hydrogens (tertiary/aromatic N) is 2. The van der Waals surface area contributed by atoms with Crippen LogP contribution in [-0.2, 0) is 6.54 Å². The summed E-state index contributed by atoms with van der Waals surface area (Å²) in [7, 11) is 1.74. The van der Waals surface area contributed by atoms with Gasteiger partial charge in [-0.05, 0) is 43.0 Å². The average Bonchev–Trinajstić information content (AvgIpc) is 2.65. The molecule has 8 heteroatoms. The maximum absolute atomic E-state index is 13.3. The normalized spacial score (nSPS) is 10.9. The fourth-order valence-electron chi connectivity index (χ4n) is 2.27. The second kappa shape index (κ2) is 13.6. The zero-order valence-corrected chi connectivity index (χ0v) is 18.7. The molecule has 1 heterocycles. The molecule has 0 saturated heterocycles. The van der Waals surface area contributed by atoms with E-state index in [-0.39, 0.29) is 29.8 Å². The summed E-state index contributed by atoms with van der Waals surface area (Å²) in [5.74, 6) is 2.42. The zero-order chi connectivity index (χ0) is 18.6. The Kier molecular flexibility index (Phi) is 11.8. The van der Waals surface area contributed by atoms with Gasteiger partial charge in [-0.2, -0.15) is 11.8 Å². The van der Waals surface area contributed by atoms with Gasteiger partial charge in [0.2, 0.25) is 5.88 Å². The van der Waals surface area contributed by atoms with Gasteiger partial charge in [-0.15, -0.1) is 24.0 Å². The first-order valence-electron chi connectivity index (χ1n) is 8.53. The molecule has 0 amide bonds. The predicted octanol–water partition coefficient (Wildman–Crippen LogP) is 4.44. The smallest absolute Gasteiger partial charge is 0.224 e. The largest absolute Gasteiger partial charge is 0.439 e. The Morgan fingerprint density at radius 1 is 1.22 bits per heavy atom. The van der Waals surface area contributed by atoms with E-state index >= 15 is 0 Å². The minimum absolute atomic E-state index is 0. The highest BCUT2D eigenvalue weighted by molar-refractivity contribution is 14.0. The summed E-state index contributed by atoms with van der Waals surface area (Å²) in [4.78, 5) is 8.48. The highest BCUT2D eigenvalue weighted by Crippen LogP contribution is 2.23. The SMILES string of the molecule is CN=C(NCCCCSC)NCc1cccnc1Oc1cccc(F)c1.I. The van der Waals surface area contributed by atoms with E-state index in [0.717, 1.165) is 24.5 Å². The van der Waals surface area contributed by atoms with E-state index < -0.39 is 0 Å². The molecule has 148 valence electrons. The number of ether oxygens (including phenoxy) is 1. The average molecular weight is 504 g/mol. The van der Waals surface area contributed by atoms with Crippen molar-refractivity contribution in [1.82, 2.24) is 15.6 Å². The fourth-order valence-corrected chi connectivity index (χ4v) is 2.76. The Morgan fingerprint density at radius 2 is 2.07 bits per heavy atom. The summed E-state index contributed by atoms with van der Waals surface area (Å²) in [5, 5.41) is 6.55. The van der Waals surface area contributed by atoms with Crippen LogP contribution in [-0.4, -0.2) is 36.5 Å². The highest BCUT2D eigenvalue weighted by Gasteiger charge is 2.08. The van der Waals surface area contributed by atoms with E-state index in [1.807, 2.05) is 23.9 Å². The molecule has 0 fully saturated rings. The lowest BCUT2D eigenvalue weighted by Crippen LogP contribution is -2.37. The fraction of sp³-hybridized carbons (Fsp3) is 0.368. The second-order valence-corrected chi connectivity index (χ2v) is 6.57. The zero-order valence-electron chi connectivity index (χ0n) is 15.6. The number of pyridine rings is 1. The molecule has 0 unspecified atom stereocenters. The van der Waals surface area contributed by atoms with Crippen LogP contribution in [0.3, 0.4) is 0 Å². The summed E-state index contributed by atoms with van der Waals surface area (Å²) in [5.41, 5.74) is 0.863. The molecule has 1 aromatic heterocycles. The number of benzene rings is 1. The van der Waals surface area contributed by atoms with Crippen LogP contribution in [0.2, 0.25) is 0 Å². The van der Waals surface area contributed by atoms with Crippen LogP contribution >= 0.6 is 35.7 Å². The summed E-state index contributed by atoms with van der Waals surface area (Å²) in [6.07, 6.45) is 6.05. The molecule has 0 spiro atoms. The molecule has 5 nitrogen and oxygen atoms in total. The third kappa shape index (κ3) is 8.79. The Bertz CT molecular complexity index is 718. The van der Waals surface area contributed by atoms with Crippen LogP contribution < -0.4 is 15.4 Å². The predicted molar refractivity (Wildman–Crippen MR) is 122 cm³/mol. The maximum atomic E-state index is 13.3. The third-order valence-corrected chi connectivity index (χ3v) is 4.30. The van der Waals surface area contributed by atoms with Crippen LogP contribution in [0.1, 0.15) is 18.4 Å². The Labute approximate surface area is 181 Å². The molecule has 1 aromatic carbocycles. The first-order valence-corrected chi connectivity index (χ1v) is 9.93. The number of hydrogen-bond acceptors (Lipinski definition) is 4. The van der Waals surface area contributed by atoms with Gasteiger partial charge in [0, 0.05) is 38.0 Å². The van der Waals surface area contributed by atoms with Gasteiger partial charge in [0.15, 0.2) is 5.96 Å². The van der Waals surface area contributed by atoms with Crippen molar-refractivity contribution >= 4 is 41.7 Å². The van der Waals surface area contributed by atoms with Gasteiger partial charge >= 0.3 is 0 Å². The molecule has 2 rings (SSSR count). The quantitative estimate of drug-likeness (QED) is 0.229. The summed E-state index contributed by atoms with van der Waals surface area (Å²) >= 11 is 1.86. The van der Waals surface area contributed by atoms with Crippen molar-refractivity contribution in [3.05, 3.63) is 54.0 Å². The van der Waals surface area contributed by atoms with Crippen molar-refractivity contribution in [2.75, 3.05) is 25.6 Å². The Balaban J connectivity index is 0.00000364. The van der Waals surface area contributed by atoms with Gasteiger partial charge in [-0.1, -0.05) is 12.1 Å². The van der Waals surface area contributed by atoms with E-state index in [4.69, 9.17) is 4.74 Å². The molecule has 2 aromatic rings. The summed E-state index contributed by atoms with van der Waals surface area (Å²) in [6, 6.07) is 9.77. The number of hydrogen-bond donors (Lipinski definition) is 2. The minimum atomic E-state index is -0.343.